The summed E-state index contributed by atoms with van der Waals surface area (Å²) in [7, 11) is 0. The molecule has 1 aromatic carbocycles. The monoisotopic (exact) mass is 292 g/mol. The van der Waals surface area contributed by atoms with Crippen molar-refractivity contribution in [1.82, 2.24) is 10.2 Å². The van der Waals surface area contributed by atoms with Crippen LogP contribution in [0.5, 0.6) is 0 Å². The summed E-state index contributed by atoms with van der Waals surface area (Å²) in [6, 6.07) is 9.83. The van der Waals surface area contributed by atoms with E-state index in [-0.39, 0.29) is 24.8 Å². The molecule has 2 N–H and O–H groups in total. The molecule has 116 valence electrons. The fraction of sp³-hybridized carbons (Fsp3) is 0.562. The number of ether oxygens (including phenoxy) is 1. The molecular weight excluding hydrogens is 268 g/mol. The van der Waals surface area contributed by atoms with Crippen molar-refractivity contribution in [3.63, 3.8) is 0 Å². The molecule has 0 aromatic heterocycles. The second-order valence-electron chi connectivity index (χ2n) is 5.26. The van der Waals surface area contributed by atoms with Crippen LogP contribution in [0.4, 0.5) is 4.79 Å². The lowest BCUT2D eigenvalue weighted by molar-refractivity contribution is 0.0975. The molecule has 2 rings (SSSR count). The number of benzene rings is 1. The minimum atomic E-state index is -0.123. The quantitative estimate of drug-likeness (QED) is 0.842. The maximum absolute atomic E-state index is 12.3. The summed E-state index contributed by atoms with van der Waals surface area (Å²) in [5.74, 6) is 0. The Kier molecular flexibility index (Phi) is 6.02. The minimum Gasteiger partial charge on any atom is -0.395 e. The molecule has 0 bridgehead atoms. The smallest absolute Gasteiger partial charge is 0.317 e. The predicted molar refractivity (Wildman–Crippen MR) is 81.0 cm³/mol. The average molecular weight is 292 g/mol. The molecule has 0 aliphatic carbocycles. The highest BCUT2D eigenvalue weighted by Crippen LogP contribution is 2.29. The second-order valence-corrected chi connectivity index (χ2v) is 5.26. The van der Waals surface area contributed by atoms with Gasteiger partial charge in [-0.2, -0.15) is 0 Å². The summed E-state index contributed by atoms with van der Waals surface area (Å²) in [5, 5.41) is 12.1. The Hall–Kier alpha value is -1.59. The lowest BCUT2D eigenvalue weighted by Gasteiger charge is -2.26. The third-order valence-corrected chi connectivity index (χ3v) is 3.68. The molecule has 5 heteroatoms. The van der Waals surface area contributed by atoms with E-state index < -0.39 is 0 Å². The standard InChI is InChI=1S/C16H24N2O3/c1-2-9-18(10-11-19)16(20)17-14-8-12-21-15(14)13-6-4-3-5-7-13/h3-7,14-15,19H,2,8-12H2,1H3,(H,17,20). The van der Waals surface area contributed by atoms with Crippen LogP contribution in [0, 0.1) is 0 Å². The zero-order valence-corrected chi connectivity index (χ0v) is 12.5. The van der Waals surface area contributed by atoms with E-state index in [0.29, 0.717) is 19.7 Å². The molecular formula is C16H24N2O3. The third kappa shape index (κ3) is 4.19. The van der Waals surface area contributed by atoms with Crippen LogP contribution in [0.3, 0.4) is 0 Å². The average Bonchev–Trinajstić information content (AvgIpc) is 2.96. The minimum absolute atomic E-state index is 0.0158. The van der Waals surface area contributed by atoms with Gasteiger partial charge >= 0.3 is 6.03 Å². The van der Waals surface area contributed by atoms with Crippen molar-refractivity contribution in [3.05, 3.63) is 35.9 Å². The highest BCUT2D eigenvalue weighted by atomic mass is 16.5. The number of hydrogen-bond acceptors (Lipinski definition) is 3. The van der Waals surface area contributed by atoms with Gasteiger partial charge in [-0.05, 0) is 18.4 Å². The van der Waals surface area contributed by atoms with Crippen LogP contribution in [0.15, 0.2) is 30.3 Å². The molecule has 2 amide bonds. The highest BCUT2D eigenvalue weighted by molar-refractivity contribution is 5.74. The molecule has 0 radical (unpaired) electrons. The molecule has 0 saturated carbocycles. The zero-order valence-electron chi connectivity index (χ0n) is 12.5. The number of rotatable bonds is 6. The van der Waals surface area contributed by atoms with Crippen molar-refractivity contribution in [2.24, 2.45) is 0 Å². The van der Waals surface area contributed by atoms with Crippen molar-refractivity contribution in [3.8, 4) is 0 Å². The van der Waals surface area contributed by atoms with Gasteiger partial charge in [0.1, 0.15) is 6.10 Å². The molecule has 1 aliphatic rings. The first-order valence-corrected chi connectivity index (χ1v) is 7.59. The van der Waals surface area contributed by atoms with Crippen molar-refractivity contribution in [2.45, 2.75) is 31.9 Å². The van der Waals surface area contributed by atoms with Gasteiger partial charge in [-0.15, -0.1) is 0 Å². The highest BCUT2D eigenvalue weighted by Gasteiger charge is 2.31. The number of nitrogens with one attached hydrogen (secondary N) is 1. The fourth-order valence-electron chi connectivity index (χ4n) is 2.66. The Labute approximate surface area is 125 Å². The maximum atomic E-state index is 12.3. The van der Waals surface area contributed by atoms with Gasteiger partial charge in [-0.25, -0.2) is 4.79 Å². The molecule has 1 aromatic rings. The predicted octanol–water partition coefficient (Wildman–Crippen LogP) is 1.93. The van der Waals surface area contributed by atoms with Crippen LogP contribution >= 0.6 is 0 Å². The van der Waals surface area contributed by atoms with Gasteiger partial charge in [0.05, 0.1) is 12.6 Å². The maximum Gasteiger partial charge on any atom is 0.317 e. The number of amides is 2. The summed E-state index contributed by atoms with van der Waals surface area (Å²) >= 11 is 0. The SMILES string of the molecule is CCCN(CCO)C(=O)NC1CCOC1c1ccccc1. The van der Waals surface area contributed by atoms with Gasteiger partial charge in [0, 0.05) is 19.7 Å². The van der Waals surface area contributed by atoms with Crippen LogP contribution in [0.25, 0.3) is 0 Å². The second kappa shape index (κ2) is 8.00. The Balaban J connectivity index is 1.98. The Morgan fingerprint density at radius 1 is 1.38 bits per heavy atom. The number of urea groups is 1. The summed E-state index contributed by atoms with van der Waals surface area (Å²) in [5.41, 5.74) is 1.09. The number of aliphatic hydroxyl groups excluding tert-OH is 1. The summed E-state index contributed by atoms with van der Waals surface area (Å²) < 4.78 is 5.77. The molecule has 1 aliphatic heterocycles. The molecule has 5 nitrogen and oxygen atoms in total. The first kappa shape index (κ1) is 15.8. The van der Waals surface area contributed by atoms with Crippen molar-refractivity contribution < 1.29 is 14.6 Å². The summed E-state index contributed by atoms with van der Waals surface area (Å²) in [4.78, 5) is 14.0. The first-order chi connectivity index (χ1) is 10.3. The van der Waals surface area contributed by atoms with E-state index in [1.165, 1.54) is 0 Å². The van der Waals surface area contributed by atoms with Crippen molar-refractivity contribution in [1.29, 1.82) is 0 Å². The number of nitrogens with zero attached hydrogens (tertiary/aromatic N) is 1. The molecule has 2 atom stereocenters. The van der Waals surface area contributed by atoms with E-state index in [1.54, 1.807) is 4.90 Å². The first-order valence-electron chi connectivity index (χ1n) is 7.59. The van der Waals surface area contributed by atoms with Crippen molar-refractivity contribution >= 4 is 6.03 Å². The lowest BCUT2D eigenvalue weighted by atomic mass is 10.0. The topological polar surface area (TPSA) is 61.8 Å². The van der Waals surface area contributed by atoms with E-state index in [9.17, 15) is 4.79 Å². The zero-order chi connectivity index (χ0) is 15.1. The summed E-state index contributed by atoms with van der Waals surface area (Å²) in [6.07, 6.45) is 1.59. The van der Waals surface area contributed by atoms with E-state index in [1.807, 2.05) is 37.3 Å². The van der Waals surface area contributed by atoms with E-state index in [4.69, 9.17) is 9.84 Å². The van der Waals surface area contributed by atoms with Gasteiger partial charge in [0.15, 0.2) is 0 Å². The van der Waals surface area contributed by atoms with Crippen LogP contribution in [0.1, 0.15) is 31.4 Å². The lowest BCUT2D eigenvalue weighted by Crippen LogP contribution is -2.47. The van der Waals surface area contributed by atoms with E-state index in [0.717, 1.165) is 18.4 Å². The molecule has 1 fully saturated rings. The van der Waals surface area contributed by atoms with Gasteiger partial charge in [0.25, 0.3) is 0 Å². The number of carbonyl (C=O) groups is 1. The Morgan fingerprint density at radius 2 is 2.14 bits per heavy atom. The molecule has 1 saturated heterocycles. The molecule has 2 unspecified atom stereocenters. The number of aliphatic hydroxyl groups is 1. The fourth-order valence-corrected chi connectivity index (χ4v) is 2.66. The molecule has 21 heavy (non-hydrogen) atoms. The van der Waals surface area contributed by atoms with Gasteiger partial charge in [-0.3, -0.25) is 0 Å². The summed E-state index contributed by atoms with van der Waals surface area (Å²) in [6.45, 7) is 3.66. The van der Waals surface area contributed by atoms with E-state index in [2.05, 4.69) is 5.32 Å². The van der Waals surface area contributed by atoms with Gasteiger partial charge in [-0.1, -0.05) is 37.3 Å². The third-order valence-electron chi connectivity index (χ3n) is 3.68. The van der Waals surface area contributed by atoms with Gasteiger partial charge in [0.2, 0.25) is 0 Å². The van der Waals surface area contributed by atoms with Gasteiger partial charge < -0.3 is 20.1 Å². The Bertz CT molecular complexity index is 432. The normalized spacial score (nSPS) is 21.2. The van der Waals surface area contributed by atoms with Crippen LogP contribution in [-0.2, 0) is 4.74 Å². The Morgan fingerprint density at radius 3 is 2.81 bits per heavy atom. The van der Waals surface area contributed by atoms with Crippen molar-refractivity contribution in [2.75, 3.05) is 26.3 Å². The molecule has 1 heterocycles. The van der Waals surface area contributed by atoms with Crippen LogP contribution < -0.4 is 5.32 Å². The van der Waals surface area contributed by atoms with Crippen LogP contribution in [-0.4, -0.2) is 48.4 Å². The largest absolute Gasteiger partial charge is 0.395 e. The van der Waals surface area contributed by atoms with E-state index >= 15 is 0 Å². The number of hydrogen-bond donors (Lipinski definition) is 2. The van der Waals surface area contributed by atoms with Crippen LogP contribution in [0.2, 0.25) is 0 Å². The molecule has 0 spiro atoms. The number of carbonyl (C=O) groups excluding carboxylic acids is 1.